The third kappa shape index (κ3) is 4.82. The number of nitrogens with one attached hydrogen (secondary N) is 1. The Bertz CT molecular complexity index is 742. The van der Waals surface area contributed by atoms with E-state index in [1.54, 1.807) is 12.1 Å². The van der Waals surface area contributed by atoms with Gasteiger partial charge < -0.3 is 10.2 Å². The molecule has 0 atom stereocenters. The molecule has 1 heterocycles. The van der Waals surface area contributed by atoms with Crippen LogP contribution in [0.5, 0.6) is 0 Å². The van der Waals surface area contributed by atoms with E-state index in [0.717, 1.165) is 26.2 Å². The van der Waals surface area contributed by atoms with E-state index in [4.69, 9.17) is 0 Å². The third-order valence-corrected chi connectivity index (χ3v) is 4.87. The molecule has 138 valence electrons. The third-order valence-electron chi connectivity index (χ3n) is 4.87. The maximum absolute atomic E-state index is 13.6. The Morgan fingerprint density at radius 3 is 2.46 bits per heavy atom. The van der Waals surface area contributed by atoms with E-state index in [1.807, 2.05) is 6.07 Å². The Balaban J connectivity index is 1.39. The van der Waals surface area contributed by atoms with Crippen LogP contribution in [-0.2, 0) is 11.2 Å². The van der Waals surface area contributed by atoms with Crippen LogP contribution in [0.25, 0.3) is 0 Å². The summed E-state index contributed by atoms with van der Waals surface area (Å²) >= 11 is 0. The van der Waals surface area contributed by atoms with Gasteiger partial charge in [-0.3, -0.25) is 9.69 Å². The summed E-state index contributed by atoms with van der Waals surface area (Å²) in [5.41, 5.74) is 3.20. The van der Waals surface area contributed by atoms with Gasteiger partial charge in [0.2, 0.25) is 5.91 Å². The van der Waals surface area contributed by atoms with Gasteiger partial charge in [-0.2, -0.15) is 0 Å². The summed E-state index contributed by atoms with van der Waals surface area (Å²) in [5.74, 6) is -0.209. The number of halogens is 1. The first kappa shape index (κ1) is 18.4. The van der Waals surface area contributed by atoms with Gasteiger partial charge in [-0.1, -0.05) is 36.4 Å². The van der Waals surface area contributed by atoms with Crippen molar-refractivity contribution < 1.29 is 9.18 Å². The van der Waals surface area contributed by atoms with E-state index in [2.05, 4.69) is 46.3 Å². The maximum atomic E-state index is 13.6. The van der Waals surface area contributed by atoms with Crippen molar-refractivity contribution >= 4 is 11.6 Å². The van der Waals surface area contributed by atoms with Crippen LogP contribution >= 0.6 is 0 Å². The first-order valence-corrected chi connectivity index (χ1v) is 9.16. The van der Waals surface area contributed by atoms with Gasteiger partial charge in [0.1, 0.15) is 5.82 Å². The number of para-hydroxylation sites is 1. The maximum Gasteiger partial charge on any atom is 0.234 e. The molecule has 5 heteroatoms. The van der Waals surface area contributed by atoms with E-state index in [9.17, 15) is 9.18 Å². The molecule has 0 radical (unpaired) electrons. The van der Waals surface area contributed by atoms with Crippen molar-refractivity contribution in [1.82, 2.24) is 10.2 Å². The molecule has 2 aromatic carbocycles. The zero-order valence-corrected chi connectivity index (χ0v) is 15.2. The molecule has 1 saturated heterocycles. The van der Waals surface area contributed by atoms with Gasteiger partial charge in [-0.05, 0) is 36.6 Å². The van der Waals surface area contributed by atoms with Crippen LogP contribution in [0.15, 0.2) is 48.5 Å². The fraction of sp³-hybridized carbons (Fsp3) is 0.381. The Kier molecular flexibility index (Phi) is 6.23. The number of carbonyl (C=O) groups excluding carboxylic acids is 1. The molecule has 0 unspecified atom stereocenters. The molecule has 3 rings (SSSR count). The second kappa shape index (κ2) is 8.81. The van der Waals surface area contributed by atoms with Crippen molar-refractivity contribution in [2.45, 2.75) is 13.3 Å². The van der Waals surface area contributed by atoms with Gasteiger partial charge in [0, 0.05) is 38.4 Å². The smallest absolute Gasteiger partial charge is 0.234 e. The molecule has 1 amide bonds. The van der Waals surface area contributed by atoms with Crippen LogP contribution in [0.1, 0.15) is 11.1 Å². The lowest BCUT2D eigenvalue weighted by Crippen LogP contribution is -2.49. The molecule has 2 aromatic rings. The largest absolute Gasteiger partial charge is 0.369 e. The standard InChI is InChI=1S/C21H26FN3O/c1-17-6-2-5-9-20(17)25-14-12-24(13-15-25)16-21(26)23-11-10-18-7-3-4-8-19(18)22/h2-9H,10-16H2,1H3,(H,23,26). The van der Waals surface area contributed by atoms with E-state index >= 15 is 0 Å². The SMILES string of the molecule is Cc1ccccc1N1CCN(CC(=O)NCCc2ccccc2F)CC1. The van der Waals surface area contributed by atoms with Crippen LogP contribution in [0.3, 0.4) is 0 Å². The molecule has 1 fully saturated rings. The lowest BCUT2D eigenvalue weighted by Gasteiger charge is -2.36. The second-order valence-electron chi connectivity index (χ2n) is 6.74. The van der Waals surface area contributed by atoms with Crippen molar-refractivity contribution in [3.8, 4) is 0 Å². The first-order chi connectivity index (χ1) is 12.6. The van der Waals surface area contributed by atoms with Crippen LogP contribution in [0.4, 0.5) is 10.1 Å². The Morgan fingerprint density at radius 2 is 1.73 bits per heavy atom. The molecular weight excluding hydrogens is 329 g/mol. The number of amides is 1. The average molecular weight is 355 g/mol. The molecule has 26 heavy (non-hydrogen) atoms. The minimum Gasteiger partial charge on any atom is -0.369 e. The summed E-state index contributed by atoms with van der Waals surface area (Å²) in [6, 6.07) is 15.1. The number of hydrogen-bond acceptors (Lipinski definition) is 3. The lowest BCUT2D eigenvalue weighted by molar-refractivity contribution is -0.122. The molecule has 0 aliphatic carbocycles. The quantitative estimate of drug-likeness (QED) is 0.865. The highest BCUT2D eigenvalue weighted by molar-refractivity contribution is 5.78. The van der Waals surface area contributed by atoms with Gasteiger partial charge in [0.05, 0.1) is 6.54 Å². The van der Waals surface area contributed by atoms with Crippen molar-refractivity contribution in [2.75, 3.05) is 44.2 Å². The molecule has 1 aliphatic rings. The summed E-state index contributed by atoms with van der Waals surface area (Å²) in [6.45, 7) is 6.58. The fourth-order valence-corrected chi connectivity index (χ4v) is 3.36. The van der Waals surface area contributed by atoms with E-state index < -0.39 is 0 Å². The molecule has 0 bridgehead atoms. The number of piperazine rings is 1. The minimum atomic E-state index is -0.214. The molecule has 0 saturated carbocycles. The Hall–Kier alpha value is -2.40. The summed E-state index contributed by atoms with van der Waals surface area (Å²) in [7, 11) is 0. The predicted octanol–water partition coefficient (Wildman–Crippen LogP) is 2.62. The number of nitrogens with zero attached hydrogens (tertiary/aromatic N) is 2. The highest BCUT2D eigenvalue weighted by atomic mass is 19.1. The van der Waals surface area contributed by atoms with Crippen molar-refractivity contribution in [3.63, 3.8) is 0 Å². The van der Waals surface area contributed by atoms with Crippen molar-refractivity contribution in [1.29, 1.82) is 0 Å². The number of anilines is 1. The molecule has 0 spiro atoms. The number of carbonyl (C=O) groups is 1. The lowest BCUT2D eigenvalue weighted by atomic mass is 10.1. The second-order valence-corrected chi connectivity index (χ2v) is 6.74. The topological polar surface area (TPSA) is 35.6 Å². The van der Waals surface area contributed by atoms with Crippen LogP contribution in [0, 0.1) is 12.7 Å². The molecule has 1 N–H and O–H groups in total. The van der Waals surface area contributed by atoms with Gasteiger partial charge in [-0.15, -0.1) is 0 Å². The minimum absolute atomic E-state index is 0.00526. The van der Waals surface area contributed by atoms with Crippen LogP contribution in [0.2, 0.25) is 0 Å². The summed E-state index contributed by atoms with van der Waals surface area (Å²) in [6.07, 6.45) is 0.513. The van der Waals surface area contributed by atoms with E-state index in [-0.39, 0.29) is 11.7 Å². The number of hydrogen-bond donors (Lipinski definition) is 1. The monoisotopic (exact) mass is 355 g/mol. The van der Waals surface area contributed by atoms with Crippen LogP contribution < -0.4 is 10.2 Å². The molecule has 0 aromatic heterocycles. The zero-order chi connectivity index (χ0) is 18.4. The number of benzene rings is 2. The Morgan fingerprint density at radius 1 is 1.04 bits per heavy atom. The predicted molar refractivity (Wildman–Crippen MR) is 103 cm³/mol. The van der Waals surface area contributed by atoms with Crippen molar-refractivity contribution in [3.05, 3.63) is 65.5 Å². The number of rotatable bonds is 6. The molecular formula is C21H26FN3O. The fourth-order valence-electron chi connectivity index (χ4n) is 3.36. The Labute approximate surface area is 154 Å². The van der Waals surface area contributed by atoms with Crippen molar-refractivity contribution in [2.24, 2.45) is 0 Å². The van der Waals surface area contributed by atoms with Crippen LogP contribution in [-0.4, -0.2) is 50.1 Å². The first-order valence-electron chi connectivity index (χ1n) is 9.16. The molecule has 1 aliphatic heterocycles. The average Bonchev–Trinajstić information content (AvgIpc) is 2.64. The summed E-state index contributed by atoms with van der Waals surface area (Å²) < 4.78 is 13.6. The van der Waals surface area contributed by atoms with Gasteiger partial charge >= 0.3 is 0 Å². The number of aryl methyl sites for hydroxylation is 1. The van der Waals surface area contributed by atoms with Gasteiger partial charge in [0.25, 0.3) is 0 Å². The highest BCUT2D eigenvalue weighted by Gasteiger charge is 2.19. The summed E-state index contributed by atoms with van der Waals surface area (Å²) in [4.78, 5) is 16.7. The van der Waals surface area contributed by atoms with Gasteiger partial charge in [-0.25, -0.2) is 4.39 Å². The van der Waals surface area contributed by atoms with E-state index in [0.29, 0.717) is 25.1 Å². The van der Waals surface area contributed by atoms with E-state index in [1.165, 1.54) is 17.3 Å². The summed E-state index contributed by atoms with van der Waals surface area (Å²) in [5, 5.41) is 2.90. The zero-order valence-electron chi connectivity index (χ0n) is 15.2. The molecule has 4 nitrogen and oxygen atoms in total. The van der Waals surface area contributed by atoms with Gasteiger partial charge in [0.15, 0.2) is 0 Å². The highest BCUT2D eigenvalue weighted by Crippen LogP contribution is 2.20. The normalized spacial score (nSPS) is 15.1.